The molecule has 1 aliphatic heterocycles. The summed E-state index contributed by atoms with van der Waals surface area (Å²) in [6.07, 6.45) is 3.27. The Labute approximate surface area is 149 Å². The van der Waals surface area contributed by atoms with Crippen LogP contribution in [0, 0.1) is 6.92 Å². The van der Waals surface area contributed by atoms with Crippen LogP contribution >= 0.6 is 0 Å². The minimum absolute atomic E-state index is 0.00420. The van der Waals surface area contributed by atoms with E-state index in [1.165, 1.54) is 11.3 Å². The number of benzene rings is 2. The number of rotatable bonds is 5. The van der Waals surface area contributed by atoms with Crippen molar-refractivity contribution in [3.05, 3.63) is 71.9 Å². The monoisotopic (exact) mass is 335 g/mol. The lowest BCUT2D eigenvalue weighted by molar-refractivity contribution is 0.104. The Hall–Kier alpha value is -2.59. The van der Waals surface area contributed by atoms with Crippen LogP contribution < -0.4 is 10.2 Å². The normalized spacial score (nSPS) is 15.5. The van der Waals surface area contributed by atoms with Crippen LogP contribution in [0.2, 0.25) is 0 Å². The van der Waals surface area contributed by atoms with Crippen molar-refractivity contribution in [1.82, 2.24) is 4.90 Å². The molecule has 0 unspecified atom stereocenters. The van der Waals surface area contributed by atoms with E-state index in [4.69, 9.17) is 0 Å². The Morgan fingerprint density at radius 3 is 2.24 bits per heavy atom. The van der Waals surface area contributed by atoms with Crippen LogP contribution in [0.3, 0.4) is 0 Å². The van der Waals surface area contributed by atoms with E-state index in [2.05, 4.69) is 29.1 Å². The molecule has 1 fully saturated rings. The van der Waals surface area contributed by atoms with Crippen molar-refractivity contribution in [2.24, 2.45) is 0 Å². The second-order valence-electron chi connectivity index (χ2n) is 6.55. The van der Waals surface area contributed by atoms with Gasteiger partial charge in [0, 0.05) is 55.4 Å². The molecule has 4 nitrogen and oxygen atoms in total. The fourth-order valence-electron chi connectivity index (χ4n) is 2.86. The third-order valence-electron chi connectivity index (χ3n) is 4.56. The highest BCUT2D eigenvalue weighted by molar-refractivity contribution is 6.04. The SMILES string of the molecule is Cc1ccc(NC=CC(=O)c2ccc(N3CCN(C)CC3)cc2)cc1. The van der Waals surface area contributed by atoms with Gasteiger partial charge in [-0.2, -0.15) is 0 Å². The van der Waals surface area contributed by atoms with Crippen LogP contribution in [0.15, 0.2) is 60.8 Å². The molecule has 2 aromatic carbocycles. The van der Waals surface area contributed by atoms with Crippen LogP contribution in [0.1, 0.15) is 15.9 Å². The Morgan fingerprint density at radius 2 is 1.60 bits per heavy atom. The van der Waals surface area contributed by atoms with Gasteiger partial charge in [0.2, 0.25) is 0 Å². The standard InChI is InChI=1S/C21H25N3O/c1-17-3-7-19(8-4-17)22-12-11-21(25)18-5-9-20(10-6-18)24-15-13-23(2)14-16-24/h3-12,22H,13-16H2,1-2H3. The van der Waals surface area contributed by atoms with Crippen molar-refractivity contribution in [2.75, 3.05) is 43.4 Å². The summed E-state index contributed by atoms with van der Waals surface area (Å²) in [5.41, 5.74) is 4.08. The zero-order valence-corrected chi connectivity index (χ0v) is 14.9. The number of nitrogens with one attached hydrogen (secondary N) is 1. The van der Waals surface area contributed by atoms with Crippen molar-refractivity contribution < 1.29 is 4.79 Å². The number of carbonyl (C=O) groups is 1. The Morgan fingerprint density at radius 1 is 0.960 bits per heavy atom. The van der Waals surface area contributed by atoms with Crippen molar-refractivity contribution >= 4 is 17.2 Å². The second-order valence-corrected chi connectivity index (χ2v) is 6.55. The number of allylic oxidation sites excluding steroid dienone is 1. The lowest BCUT2D eigenvalue weighted by Gasteiger charge is -2.34. The third-order valence-corrected chi connectivity index (χ3v) is 4.56. The van der Waals surface area contributed by atoms with Gasteiger partial charge in [0.15, 0.2) is 5.78 Å². The molecule has 25 heavy (non-hydrogen) atoms. The largest absolute Gasteiger partial charge is 0.369 e. The Bertz CT molecular complexity index is 727. The molecule has 0 spiro atoms. The molecule has 2 aromatic rings. The summed E-state index contributed by atoms with van der Waals surface area (Å²) in [7, 11) is 2.15. The molecule has 0 bridgehead atoms. The van der Waals surface area contributed by atoms with E-state index < -0.39 is 0 Å². The topological polar surface area (TPSA) is 35.6 Å². The molecular weight excluding hydrogens is 310 g/mol. The van der Waals surface area contributed by atoms with Gasteiger partial charge in [0.05, 0.1) is 0 Å². The molecule has 0 aliphatic carbocycles. The van der Waals surface area contributed by atoms with Crippen molar-refractivity contribution in [3.8, 4) is 0 Å². The number of hydrogen-bond acceptors (Lipinski definition) is 4. The van der Waals surface area contributed by atoms with Crippen LogP contribution in [-0.4, -0.2) is 43.9 Å². The lowest BCUT2D eigenvalue weighted by atomic mass is 10.1. The van der Waals surface area contributed by atoms with Gasteiger partial charge < -0.3 is 15.1 Å². The maximum Gasteiger partial charge on any atom is 0.187 e. The first-order valence-electron chi connectivity index (χ1n) is 8.69. The molecule has 0 amide bonds. The van der Waals surface area contributed by atoms with E-state index in [1.807, 2.05) is 48.5 Å². The fraction of sp³-hybridized carbons (Fsp3) is 0.286. The summed E-state index contributed by atoms with van der Waals surface area (Å²) in [5, 5.41) is 3.13. The molecule has 1 saturated heterocycles. The van der Waals surface area contributed by atoms with Crippen LogP contribution in [0.5, 0.6) is 0 Å². The average Bonchev–Trinajstić information content (AvgIpc) is 2.64. The van der Waals surface area contributed by atoms with Gasteiger partial charge in [0.1, 0.15) is 0 Å². The molecule has 0 atom stereocenters. The van der Waals surface area contributed by atoms with Crippen molar-refractivity contribution in [3.63, 3.8) is 0 Å². The molecule has 130 valence electrons. The Kier molecular flexibility index (Phi) is 5.51. The molecule has 0 saturated carbocycles. The average molecular weight is 335 g/mol. The van der Waals surface area contributed by atoms with E-state index in [1.54, 1.807) is 12.3 Å². The smallest absolute Gasteiger partial charge is 0.187 e. The molecular formula is C21H25N3O. The number of nitrogens with zero attached hydrogens (tertiary/aromatic N) is 2. The van der Waals surface area contributed by atoms with Crippen LogP contribution in [0.4, 0.5) is 11.4 Å². The minimum atomic E-state index is 0.00420. The molecule has 1 N–H and O–H groups in total. The quantitative estimate of drug-likeness (QED) is 0.669. The predicted molar refractivity (Wildman–Crippen MR) is 104 cm³/mol. The first-order chi connectivity index (χ1) is 12.1. The fourth-order valence-corrected chi connectivity index (χ4v) is 2.86. The van der Waals surface area contributed by atoms with Crippen LogP contribution in [-0.2, 0) is 0 Å². The summed E-state index contributed by atoms with van der Waals surface area (Å²) in [6.45, 7) is 6.27. The zero-order chi connectivity index (χ0) is 17.6. The Balaban J connectivity index is 1.57. The number of likely N-dealkylation sites (N-methyl/N-ethyl adjacent to an activating group) is 1. The summed E-state index contributed by atoms with van der Waals surface area (Å²) >= 11 is 0. The van der Waals surface area contributed by atoms with E-state index in [0.717, 1.165) is 31.9 Å². The highest BCUT2D eigenvalue weighted by atomic mass is 16.1. The maximum absolute atomic E-state index is 12.3. The molecule has 0 aromatic heterocycles. The zero-order valence-electron chi connectivity index (χ0n) is 14.9. The number of aryl methyl sites for hydroxylation is 1. The van der Waals surface area contributed by atoms with Crippen molar-refractivity contribution in [1.29, 1.82) is 0 Å². The molecule has 4 heteroatoms. The minimum Gasteiger partial charge on any atom is -0.369 e. The molecule has 0 radical (unpaired) electrons. The third kappa shape index (κ3) is 4.70. The molecule has 1 heterocycles. The van der Waals surface area contributed by atoms with Crippen molar-refractivity contribution in [2.45, 2.75) is 6.92 Å². The molecule has 3 rings (SSSR count). The van der Waals surface area contributed by atoms with Gasteiger partial charge in [-0.05, 0) is 50.4 Å². The summed E-state index contributed by atoms with van der Waals surface area (Å²) in [6, 6.07) is 16.0. The summed E-state index contributed by atoms with van der Waals surface area (Å²) in [4.78, 5) is 17.0. The van der Waals surface area contributed by atoms with E-state index in [9.17, 15) is 4.79 Å². The first-order valence-corrected chi connectivity index (χ1v) is 8.69. The van der Waals surface area contributed by atoms with Crippen LogP contribution in [0.25, 0.3) is 0 Å². The van der Waals surface area contributed by atoms with Gasteiger partial charge in [-0.25, -0.2) is 0 Å². The first kappa shape index (κ1) is 17.2. The van der Waals surface area contributed by atoms with Gasteiger partial charge in [-0.1, -0.05) is 17.7 Å². The number of piperazine rings is 1. The van der Waals surface area contributed by atoms with Gasteiger partial charge in [-0.3, -0.25) is 4.79 Å². The van der Waals surface area contributed by atoms with Gasteiger partial charge in [0.25, 0.3) is 0 Å². The van der Waals surface area contributed by atoms with E-state index in [-0.39, 0.29) is 5.78 Å². The maximum atomic E-state index is 12.3. The number of hydrogen-bond donors (Lipinski definition) is 1. The highest BCUT2D eigenvalue weighted by Crippen LogP contribution is 2.17. The molecule has 1 aliphatic rings. The summed E-state index contributed by atoms with van der Waals surface area (Å²) < 4.78 is 0. The summed E-state index contributed by atoms with van der Waals surface area (Å²) in [5.74, 6) is 0.00420. The number of anilines is 2. The highest BCUT2D eigenvalue weighted by Gasteiger charge is 2.14. The van der Waals surface area contributed by atoms with E-state index in [0.29, 0.717) is 5.56 Å². The van der Waals surface area contributed by atoms with E-state index >= 15 is 0 Å². The van der Waals surface area contributed by atoms with Gasteiger partial charge in [-0.15, -0.1) is 0 Å². The number of ketones is 1. The second kappa shape index (κ2) is 7.99. The number of carbonyl (C=O) groups excluding carboxylic acids is 1. The van der Waals surface area contributed by atoms with Gasteiger partial charge >= 0.3 is 0 Å². The predicted octanol–water partition coefficient (Wildman–Crippen LogP) is 3.56. The lowest BCUT2D eigenvalue weighted by Crippen LogP contribution is -2.44.